The van der Waals surface area contributed by atoms with Crippen LogP contribution in [0.1, 0.15) is 30.4 Å². The molecule has 3 amide bonds. The zero-order valence-electron chi connectivity index (χ0n) is 18.2. The highest BCUT2D eigenvalue weighted by atomic mass is 32.1. The van der Waals surface area contributed by atoms with E-state index in [4.69, 9.17) is 4.74 Å². The van der Waals surface area contributed by atoms with Crippen LogP contribution in [0.25, 0.3) is 0 Å². The molecule has 34 heavy (non-hydrogen) atoms. The van der Waals surface area contributed by atoms with Gasteiger partial charge in [0.1, 0.15) is 5.75 Å². The van der Waals surface area contributed by atoms with E-state index in [0.717, 1.165) is 0 Å². The summed E-state index contributed by atoms with van der Waals surface area (Å²) in [5.41, 5.74) is 2.56. The van der Waals surface area contributed by atoms with Crippen molar-refractivity contribution in [2.75, 3.05) is 23.1 Å². The number of hydrogen-bond donors (Lipinski definition) is 3. The van der Waals surface area contributed by atoms with E-state index in [1.54, 1.807) is 92.0 Å². The van der Waals surface area contributed by atoms with Gasteiger partial charge < -0.3 is 20.7 Å². The predicted octanol–water partition coefficient (Wildman–Crippen LogP) is 5.51. The average molecular weight is 472 g/mol. The molecular weight excluding hydrogens is 450 g/mol. The lowest BCUT2D eigenvalue weighted by atomic mass is 10.1. The third kappa shape index (κ3) is 5.67. The van der Waals surface area contributed by atoms with E-state index in [0.29, 0.717) is 38.8 Å². The summed E-state index contributed by atoms with van der Waals surface area (Å²) in [6.07, 6.45) is 0. The molecule has 4 aromatic rings. The first-order chi connectivity index (χ1) is 16.5. The predicted molar refractivity (Wildman–Crippen MR) is 134 cm³/mol. The zero-order valence-corrected chi connectivity index (χ0v) is 19.0. The van der Waals surface area contributed by atoms with Crippen LogP contribution in [0, 0.1) is 0 Å². The first kappa shape index (κ1) is 22.8. The number of carbonyl (C=O) groups excluding carboxylic acids is 3. The third-order valence-electron chi connectivity index (χ3n) is 4.88. The molecule has 3 N–H and O–H groups in total. The lowest BCUT2D eigenvalue weighted by Gasteiger charge is -2.09. The van der Waals surface area contributed by atoms with Crippen LogP contribution in [0.2, 0.25) is 0 Å². The Morgan fingerprint density at radius 2 is 1.26 bits per heavy atom. The number of thiophene rings is 1. The molecule has 1 aromatic heterocycles. The highest BCUT2D eigenvalue weighted by molar-refractivity contribution is 7.12. The highest BCUT2D eigenvalue weighted by Gasteiger charge is 2.11. The molecule has 3 aromatic carbocycles. The van der Waals surface area contributed by atoms with Crippen molar-refractivity contribution in [1.29, 1.82) is 0 Å². The number of nitrogens with one attached hydrogen (secondary N) is 3. The number of carbonyl (C=O) groups is 3. The van der Waals surface area contributed by atoms with E-state index < -0.39 is 0 Å². The summed E-state index contributed by atoms with van der Waals surface area (Å²) in [6, 6.07) is 23.8. The van der Waals surface area contributed by atoms with E-state index in [2.05, 4.69) is 16.0 Å². The second kappa shape index (κ2) is 10.5. The van der Waals surface area contributed by atoms with Crippen molar-refractivity contribution in [2.45, 2.75) is 0 Å². The molecule has 0 aliphatic rings. The molecule has 0 spiro atoms. The van der Waals surface area contributed by atoms with Gasteiger partial charge in [-0.05, 0) is 78.2 Å². The Hall–Kier alpha value is -4.43. The summed E-state index contributed by atoms with van der Waals surface area (Å²) in [7, 11) is 1.58. The van der Waals surface area contributed by atoms with Gasteiger partial charge in [0.25, 0.3) is 17.7 Å². The van der Waals surface area contributed by atoms with Crippen molar-refractivity contribution >= 4 is 46.1 Å². The third-order valence-corrected chi connectivity index (χ3v) is 5.75. The first-order valence-electron chi connectivity index (χ1n) is 10.3. The molecule has 0 saturated heterocycles. The molecule has 1 heterocycles. The average Bonchev–Trinajstić information content (AvgIpc) is 3.40. The summed E-state index contributed by atoms with van der Waals surface area (Å²) in [6.45, 7) is 0. The maximum absolute atomic E-state index is 12.7. The smallest absolute Gasteiger partial charge is 0.265 e. The Labute approximate surface area is 200 Å². The standard InChI is InChI=1S/C26H21N3O4S/c1-33-22-13-11-20(12-14-22)27-24(30)17-7-9-19(10-8-17)28-25(31)18-4-2-5-21(16-18)29-26(32)23-6-3-15-34-23/h2-16H,1H3,(H,27,30)(H,28,31)(H,29,32). The van der Waals surface area contributed by atoms with E-state index >= 15 is 0 Å². The second-order valence-corrected chi connectivity index (χ2v) is 8.17. The summed E-state index contributed by atoms with van der Waals surface area (Å²) in [4.78, 5) is 38.0. The van der Waals surface area contributed by atoms with Gasteiger partial charge in [0.15, 0.2) is 0 Å². The number of hydrogen-bond acceptors (Lipinski definition) is 5. The molecule has 170 valence electrons. The molecule has 0 fully saturated rings. The van der Waals surface area contributed by atoms with Gasteiger partial charge in [-0.25, -0.2) is 0 Å². The van der Waals surface area contributed by atoms with Crippen LogP contribution in [0.5, 0.6) is 5.75 Å². The number of amides is 3. The molecule has 0 radical (unpaired) electrons. The maximum atomic E-state index is 12.7. The Morgan fingerprint density at radius 3 is 1.88 bits per heavy atom. The number of anilines is 3. The zero-order chi connectivity index (χ0) is 23.9. The van der Waals surface area contributed by atoms with Gasteiger partial charge in [-0.1, -0.05) is 12.1 Å². The minimum absolute atomic E-state index is 0.226. The number of methoxy groups -OCH3 is 1. The monoisotopic (exact) mass is 471 g/mol. The molecule has 0 unspecified atom stereocenters. The topological polar surface area (TPSA) is 96.5 Å². The Kier molecular flexibility index (Phi) is 7.00. The lowest BCUT2D eigenvalue weighted by Crippen LogP contribution is -2.15. The summed E-state index contributed by atoms with van der Waals surface area (Å²) < 4.78 is 5.11. The fraction of sp³-hybridized carbons (Fsp3) is 0.0385. The molecule has 0 bridgehead atoms. The van der Waals surface area contributed by atoms with E-state index in [-0.39, 0.29) is 17.7 Å². The molecule has 7 nitrogen and oxygen atoms in total. The van der Waals surface area contributed by atoms with E-state index in [1.807, 2.05) is 5.38 Å². The molecule has 0 atom stereocenters. The van der Waals surface area contributed by atoms with Crippen molar-refractivity contribution in [3.63, 3.8) is 0 Å². The maximum Gasteiger partial charge on any atom is 0.265 e. The van der Waals surface area contributed by atoms with Crippen molar-refractivity contribution in [2.24, 2.45) is 0 Å². The van der Waals surface area contributed by atoms with Gasteiger partial charge in [0, 0.05) is 28.2 Å². The van der Waals surface area contributed by atoms with Crippen LogP contribution in [0.15, 0.2) is 90.3 Å². The molecule has 4 rings (SSSR count). The Bertz CT molecular complexity index is 1300. The summed E-state index contributed by atoms with van der Waals surface area (Å²) in [5.74, 6) is -0.121. The van der Waals surface area contributed by atoms with Gasteiger partial charge >= 0.3 is 0 Å². The van der Waals surface area contributed by atoms with Crippen LogP contribution >= 0.6 is 11.3 Å². The molecule has 0 aliphatic carbocycles. The van der Waals surface area contributed by atoms with Crippen LogP contribution in [-0.4, -0.2) is 24.8 Å². The fourth-order valence-corrected chi connectivity index (χ4v) is 3.74. The number of benzene rings is 3. The summed E-state index contributed by atoms with van der Waals surface area (Å²) in [5, 5.41) is 10.2. The van der Waals surface area contributed by atoms with Crippen molar-refractivity contribution < 1.29 is 19.1 Å². The minimum Gasteiger partial charge on any atom is -0.497 e. The van der Waals surface area contributed by atoms with Crippen molar-refractivity contribution in [3.05, 3.63) is 106 Å². The van der Waals surface area contributed by atoms with Crippen LogP contribution < -0.4 is 20.7 Å². The molecule has 0 saturated carbocycles. The van der Waals surface area contributed by atoms with E-state index in [1.165, 1.54) is 11.3 Å². The first-order valence-corrected chi connectivity index (χ1v) is 11.2. The number of rotatable bonds is 7. The van der Waals surface area contributed by atoms with Gasteiger partial charge in [0.05, 0.1) is 12.0 Å². The molecule has 0 aliphatic heterocycles. The van der Waals surface area contributed by atoms with Gasteiger partial charge in [-0.15, -0.1) is 11.3 Å². The Balaban J connectivity index is 1.36. The van der Waals surface area contributed by atoms with Gasteiger partial charge in [-0.3, -0.25) is 14.4 Å². The number of ether oxygens (including phenoxy) is 1. The van der Waals surface area contributed by atoms with Gasteiger partial charge in [-0.2, -0.15) is 0 Å². The van der Waals surface area contributed by atoms with Crippen LogP contribution in [0.3, 0.4) is 0 Å². The van der Waals surface area contributed by atoms with Crippen molar-refractivity contribution in [1.82, 2.24) is 0 Å². The minimum atomic E-state index is -0.331. The van der Waals surface area contributed by atoms with Crippen LogP contribution in [-0.2, 0) is 0 Å². The lowest BCUT2D eigenvalue weighted by molar-refractivity contribution is 0.101. The summed E-state index contributed by atoms with van der Waals surface area (Å²) >= 11 is 1.34. The van der Waals surface area contributed by atoms with Gasteiger partial charge in [0.2, 0.25) is 0 Å². The van der Waals surface area contributed by atoms with Crippen LogP contribution in [0.4, 0.5) is 17.1 Å². The van der Waals surface area contributed by atoms with Crippen molar-refractivity contribution in [3.8, 4) is 5.75 Å². The largest absolute Gasteiger partial charge is 0.497 e. The second-order valence-electron chi connectivity index (χ2n) is 7.23. The molecule has 8 heteroatoms. The quantitative estimate of drug-likeness (QED) is 0.331. The SMILES string of the molecule is COc1ccc(NC(=O)c2ccc(NC(=O)c3cccc(NC(=O)c4cccs4)c3)cc2)cc1. The normalized spacial score (nSPS) is 10.3. The van der Waals surface area contributed by atoms with E-state index in [9.17, 15) is 14.4 Å². The highest BCUT2D eigenvalue weighted by Crippen LogP contribution is 2.19. The molecular formula is C26H21N3O4S. The fourth-order valence-electron chi connectivity index (χ4n) is 3.12. The Morgan fingerprint density at radius 1 is 0.647 bits per heavy atom.